The number of sulfonamides is 1. The zero-order valence-corrected chi connectivity index (χ0v) is 11.4. The van der Waals surface area contributed by atoms with Crippen LogP contribution in [-0.2, 0) is 10.0 Å². The molecule has 2 unspecified atom stereocenters. The molecule has 0 radical (unpaired) electrons. The molecule has 2 atom stereocenters. The highest BCUT2D eigenvalue weighted by Crippen LogP contribution is 2.27. The molecule has 2 rings (SSSR count). The molecular formula is C12H20N2O3S. The van der Waals surface area contributed by atoms with Crippen LogP contribution in [-0.4, -0.2) is 32.1 Å². The van der Waals surface area contributed by atoms with E-state index in [-0.39, 0.29) is 6.04 Å². The van der Waals surface area contributed by atoms with Crippen molar-refractivity contribution in [2.24, 2.45) is 11.7 Å². The summed E-state index contributed by atoms with van der Waals surface area (Å²) in [7, 11) is -3.08. The fourth-order valence-electron chi connectivity index (χ4n) is 2.50. The lowest BCUT2D eigenvalue weighted by molar-refractivity contribution is 0.241. The molecule has 0 amide bonds. The number of hydrogen-bond donors (Lipinski definition) is 1. The van der Waals surface area contributed by atoms with Crippen molar-refractivity contribution in [3.8, 4) is 0 Å². The Bertz CT molecular complexity index is 470. The third-order valence-corrected chi connectivity index (χ3v) is 4.72. The van der Waals surface area contributed by atoms with Crippen molar-refractivity contribution >= 4 is 10.0 Å². The maximum absolute atomic E-state index is 11.5. The topological polar surface area (TPSA) is 76.5 Å². The fourth-order valence-corrected chi connectivity index (χ4v) is 3.44. The second kappa shape index (κ2) is 5.42. The van der Waals surface area contributed by atoms with Gasteiger partial charge in [-0.15, -0.1) is 0 Å². The van der Waals surface area contributed by atoms with Gasteiger partial charge in [0.25, 0.3) is 0 Å². The third-order valence-electron chi connectivity index (χ3n) is 3.45. The molecule has 6 heteroatoms. The Balaban J connectivity index is 1.94. The van der Waals surface area contributed by atoms with Gasteiger partial charge >= 0.3 is 0 Å². The molecular weight excluding hydrogens is 252 g/mol. The van der Waals surface area contributed by atoms with Gasteiger partial charge in [-0.3, -0.25) is 0 Å². The van der Waals surface area contributed by atoms with E-state index in [9.17, 15) is 8.42 Å². The average molecular weight is 272 g/mol. The molecule has 1 aliphatic rings. The number of furan rings is 1. The van der Waals surface area contributed by atoms with Crippen molar-refractivity contribution in [1.29, 1.82) is 0 Å². The van der Waals surface area contributed by atoms with Gasteiger partial charge in [0.1, 0.15) is 5.76 Å². The molecule has 0 saturated carbocycles. The molecule has 2 N–H and O–H groups in total. The third kappa shape index (κ3) is 3.34. The predicted octanol–water partition coefficient (Wildman–Crippen LogP) is 1.34. The summed E-state index contributed by atoms with van der Waals surface area (Å²) in [6.45, 7) is 1.21. The molecule has 5 nitrogen and oxygen atoms in total. The molecule has 2 heterocycles. The van der Waals surface area contributed by atoms with Gasteiger partial charge in [0.2, 0.25) is 10.0 Å². The molecule has 0 aliphatic carbocycles. The Hall–Kier alpha value is -0.850. The standard InChI is InChI=1S/C12H20N2O3S/c1-18(15,16)14-6-2-4-10(9-14)8-11(13)12-5-3-7-17-12/h3,5,7,10-11H,2,4,6,8-9,13H2,1H3. The average Bonchev–Trinajstić information content (AvgIpc) is 2.81. The van der Waals surface area contributed by atoms with Crippen LogP contribution in [0.1, 0.15) is 31.1 Å². The fraction of sp³-hybridized carbons (Fsp3) is 0.667. The minimum atomic E-state index is -3.08. The number of hydrogen-bond acceptors (Lipinski definition) is 4. The summed E-state index contributed by atoms with van der Waals surface area (Å²) >= 11 is 0. The molecule has 1 aliphatic heterocycles. The van der Waals surface area contributed by atoms with Crippen LogP contribution >= 0.6 is 0 Å². The van der Waals surface area contributed by atoms with Gasteiger partial charge in [0.05, 0.1) is 18.6 Å². The van der Waals surface area contributed by atoms with E-state index in [2.05, 4.69) is 0 Å². The van der Waals surface area contributed by atoms with E-state index in [1.807, 2.05) is 12.1 Å². The van der Waals surface area contributed by atoms with Crippen LogP contribution in [0.4, 0.5) is 0 Å². The lowest BCUT2D eigenvalue weighted by Crippen LogP contribution is -2.40. The quantitative estimate of drug-likeness (QED) is 0.897. The molecule has 0 aromatic carbocycles. The monoisotopic (exact) mass is 272 g/mol. The first-order chi connectivity index (χ1) is 8.47. The summed E-state index contributed by atoms with van der Waals surface area (Å²) in [5.41, 5.74) is 6.06. The number of nitrogens with two attached hydrogens (primary N) is 1. The van der Waals surface area contributed by atoms with E-state index < -0.39 is 10.0 Å². The number of rotatable bonds is 4. The van der Waals surface area contributed by atoms with Crippen molar-refractivity contribution in [3.63, 3.8) is 0 Å². The second-order valence-corrected chi connectivity index (χ2v) is 6.97. The highest BCUT2D eigenvalue weighted by molar-refractivity contribution is 7.88. The van der Waals surface area contributed by atoms with Crippen molar-refractivity contribution in [2.75, 3.05) is 19.3 Å². The first-order valence-electron chi connectivity index (χ1n) is 6.21. The number of nitrogens with zero attached hydrogens (tertiary/aromatic N) is 1. The summed E-state index contributed by atoms with van der Waals surface area (Å²) in [5, 5.41) is 0. The summed E-state index contributed by atoms with van der Waals surface area (Å²) in [4.78, 5) is 0. The van der Waals surface area contributed by atoms with Gasteiger partial charge in [-0.2, -0.15) is 0 Å². The van der Waals surface area contributed by atoms with Crippen molar-refractivity contribution in [2.45, 2.75) is 25.3 Å². The van der Waals surface area contributed by atoms with E-state index in [4.69, 9.17) is 10.2 Å². The van der Waals surface area contributed by atoms with E-state index in [1.165, 1.54) is 6.26 Å². The summed E-state index contributed by atoms with van der Waals surface area (Å²) < 4.78 is 29.9. The maximum atomic E-state index is 11.5. The Kier molecular flexibility index (Phi) is 4.09. The van der Waals surface area contributed by atoms with E-state index in [1.54, 1.807) is 10.6 Å². The Morgan fingerprint density at radius 2 is 2.39 bits per heavy atom. The van der Waals surface area contributed by atoms with Crippen LogP contribution in [0, 0.1) is 5.92 Å². The zero-order chi connectivity index (χ0) is 13.2. The zero-order valence-electron chi connectivity index (χ0n) is 10.6. The van der Waals surface area contributed by atoms with Gasteiger partial charge in [-0.25, -0.2) is 12.7 Å². The van der Waals surface area contributed by atoms with Crippen LogP contribution in [0.3, 0.4) is 0 Å². The normalized spacial score (nSPS) is 24.0. The van der Waals surface area contributed by atoms with Gasteiger partial charge in [-0.1, -0.05) is 0 Å². The largest absolute Gasteiger partial charge is 0.468 e. The maximum Gasteiger partial charge on any atom is 0.211 e. The summed E-state index contributed by atoms with van der Waals surface area (Å²) in [6, 6.07) is 3.53. The molecule has 0 spiro atoms. The summed E-state index contributed by atoms with van der Waals surface area (Å²) in [5.74, 6) is 1.08. The number of piperidine rings is 1. The van der Waals surface area contributed by atoms with Gasteiger partial charge in [0, 0.05) is 13.1 Å². The lowest BCUT2D eigenvalue weighted by atomic mass is 9.92. The SMILES string of the molecule is CS(=O)(=O)N1CCCC(CC(N)c2ccco2)C1. The van der Waals surface area contributed by atoms with Crippen molar-refractivity contribution in [1.82, 2.24) is 4.31 Å². The van der Waals surface area contributed by atoms with E-state index >= 15 is 0 Å². The molecule has 1 aromatic heterocycles. The van der Waals surface area contributed by atoms with Crippen LogP contribution in [0.25, 0.3) is 0 Å². The van der Waals surface area contributed by atoms with Crippen LogP contribution in [0.15, 0.2) is 22.8 Å². The molecule has 0 bridgehead atoms. The van der Waals surface area contributed by atoms with Crippen LogP contribution in [0.5, 0.6) is 0 Å². The minimum Gasteiger partial charge on any atom is -0.468 e. The van der Waals surface area contributed by atoms with Gasteiger partial charge < -0.3 is 10.2 Å². The first kappa shape index (κ1) is 13.6. The predicted molar refractivity (Wildman–Crippen MR) is 69.4 cm³/mol. The molecule has 1 aromatic rings. The van der Waals surface area contributed by atoms with Gasteiger partial charge in [-0.05, 0) is 37.3 Å². The highest BCUT2D eigenvalue weighted by Gasteiger charge is 2.27. The van der Waals surface area contributed by atoms with Gasteiger partial charge in [0.15, 0.2) is 0 Å². The van der Waals surface area contributed by atoms with E-state index in [0.29, 0.717) is 19.0 Å². The molecule has 18 heavy (non-hydrogen) atoms. The second-order valence-electron chi connectivity index (χ2n) is 4.99. The molecule has 1 fully saturated rings. The lowest BCUT2D eigenvalue weighted by Gasteiger charge is -2.31. The van der Waals surface area contributed by atoms with Crippen molar-refractivity contribution in [3.05, 3.63) is 24.2 Å². The Morgan fingerprint density at radius 3 is 3.00 bits per heavy atom. The molecule has 102 valence electrons. The first-order valence-corrected chi connectivity index (χ1v) is 8.06. The van der Waals surface area contributed by atoms with Crippen LogP contribution < -0.4 is 5.73 Å². The van der Waals surface area contributed by atoms with E-state index in [0.717, 1.165) is 25.0 Å². The smallest absolute Gasteiger partial charge is 0.211 e. The minimum absolute atomic E-state index is 0.149. The van der Waals surface area contributed by atoms with Crippen LogP contribution in [0.2, 0.25) is 0 Å². The highest BCUT2D eigenvalue weighted by atomic mass is 32.2. The Labute approximate surface area is 108 Å². The summed E-state index contributed by atoms with van der Waals surface area (Å²) in [6.07, 6.45) is 5.57. The van der Waals surface area contributed by atoms with Crippen molar-refractivity contribution < 1.29 is 12.8 Å². The Morgan fingerprint density at radius 1 is 1.61 bits per heavy atom. The molecule has 1 saturated heterocycles.